The predicted octanol–water partition coefficient (Wildman–Crippen LogP) is 10.1. The van der Waals surface area contributed by atoms with Gasteiger partial charge in [0, 0.05) is 16.2 Å². The molecule has 0 radical (unpaired) electrons. The highest BCUT2D eigenvalue weighted by molar-refractivity contribution is 6.00. The van der Waals surface area contributed by atoms with Gasteiger partial charge >= 0.3 is 0 Å². The summed E-state index contributed by atoms with van der Waals surface area (Å²) >= 11 is 0. The normalized spacial score (nSPS) is 11.9. The van der Waals surface area contributed by atoms with Crippen LogP contribution in [0, 0.1) is 34.6 Å². The quantitative estimate of drug-likeness (QED) is 0.260. The average molecular weight is 473 g/mol. The second-order valence-corrected chi connectivity index (χ2v) is 9.38. The smallest absolute Gasteiger partial charge is 0.151 e. The van der Waals surface area contributed by atoms with Gasteiger partial charge in [0.1, 0.15) is 5.69 Å². The average Bonchev–Trinajstić information content (AvgIpc) is 2.86. The minimum absolute atomic E-state index is 0.157. The summed E-state index contributed by atoms with van der Waals surface area (Å²) in [6.45, 7) is 10.2. The van der Waals surface area contributed by atoms with Gasteiger partial charge in [0.2, 0.25) is 0 Å². The Bertz CT molecular complexity index is 1680. The molecule has 5 aromatic rings. The molecule has 0 spiro atoms. The van der Waals surface area contributed by atoms with Gasteiger partial charge in [-0.1, -0.05) is 47.5 Å². The number of rotatable bonds is 4. The van der Waals surface area contributed by atoms with E-state index in [4.69, 9.17) is 0 Å². The maximum Gasteiger partial charge on any atom is 0.151 e. The van der Waals surface area contributed by atoms with Crippen LogP contribution >= 0.6 is 0 Å². The van der Waals surface area contributed by atoms with Crippen molar-refractivity contribution >= 4 is 44.3 Å². The first kappa shape index (κ1) is 23.4. The molecule has 0 amide bonds. The zero-order chi connectivity index (χ0) is 25.4. The van der Waals surface area contributed by atoms with Crippen molar-refractivity contribution < 1.29 is 5.11 Å². The maximum absolute atomic E-state index is 11.1. The van der Waals surface area contributed by atoms with Crippen LogP contribution in [0.4, 0.5) is 22.7 Å². The Morgan fingerprint density at radius 3 is 1.83 bits per heavy atom. The van der Waals surface area contributed by atoms with E-state index < -0.39 is 0 Å². The lowest BCUT2D eigenvalue weighted by Gasteiger charge is -2.12. The summed E-state index contributed by atoms with van der Waals surface area (Å²) in [6.07, 6.45) is 0. The SMILES string of the molecule is Cc1ccc(N=Nc2ccc(N=Nc3ccc4c(C)cc(C)c(C)c4c3O)c3cc(C)ccc23)cc1. The highest BCUT2D eigenvalue weighted by atomic mass is 16.3. The van der Waals surface area contributed by atoms with Gasteiger partial charge < -0.3 is 5.11 Å². The van der Waals surface area contributed by atoms with Gasteiger partial charge in [-0.05, 0) is 93.1 Å². The summed E-state index contributed by atoms with van der Waals surface area (Å²) in [5, 5.41) is 32.7. The molecule has 0 bridgehead atoms. The van der Waals surface area contributed by atoms with Gasteiger partial charge in [-0.15, -0.1) is 15.3 Å². The summed E-state index contributed by atoms with van der Waals surface area (Å²) < 4.78 is 0. The highest BCUT2D eigenvalue weighted by Gasteiger charge is 2.13. The molecule has 0 heterocycles. The molecule has 36 heavy (non-hydrogen) atoms. The first-order chi connectivity index (χ1) is 17.3. The van der Waals surface area contributed by atoms with E-state index in [1.165, 1.54) is 5.56 Å². The number of azo groups is 2. The Morgan fingerprint density at radius 1 is 0.500 bits per heavy atom. The Balaban J connectivity index is 1.57. The molecule has 5 nitrogen and oxygen atoms in total. The van der Waals surface area contributed by atoms with Crippen molar-refractivity contribution in [1.82, 2.24) is 0 Å². The Kier molecular flexibility index (Phi) is 6.06. The molecule has 0 atom stereocenters. The van der Waals surface area contributed by atoms with E-state index in [1.54, 1.807) is 0 Å². The zero-order valence-corrected chi connectivity index (χ0v) is 21.2. The van der Waals surface area contributed by atoms with Crippen LogP contribution in [0.3, 0.4) is 0 Å². The predicted molar refractivity (Wildman–Crippen MR) is 148 cm³/mol. The summed E-state index contributed by atoms with van der Waals surface area (Å²) in [6, 6.07) is 23.9. The molecular weight excluding hydrogens is 444 g/mol. The number of benzene rings is 5. The molecule has 1 N–H and O–H groups in total. The third kappa shape index (κ3) is 4.36. The van der Waals surface area contributed by atoms with Crippen molar-refractivity contribution in [1.29, 1.82) is 0 Å². The molecule has 0 saturated heterocycles. The monoisotopic (exact) mass is 472 g/mol. The van der Waals surface area contributed by atoms with Crippen LogP contribution in [0.5, 0.6) is 5.75 Å². The molecule has 0 aliphatic carbocycles. The van der Waals surface area contributed by atoms with Crippen LogP contribution < -0.4 is 0 Å². The van der Waals surface area contributed by atoms with Gasteiger partial charge in [-0.2, -0.15) is 5.11 Å². The molecule has 0 aliphatic rings. The summed E-state index contributed by atoms with van der Waals surface area (Å²) in [5.74, 6) is 0.157. The van der Waals surface area contributed by atoms with E-state index in [0.29, 0.717) is 11.4 Å². The molecule has 0 unspecified atom stereocenters. The second-order valence-electron chi connectivity index (χ2n) is 9.38. The zero-order valence-electron chi connectivity index (χ0n) is 21.2. The maximum atomic E-state index is 11.1. The fourth-order valence-corrected chi connectivity index (χ4v) is 4.51. The molecule has 5 aromatic carbocycles. The van der Waals surface area contributed by atoms with E-state index in [9.17, 15) is 5.11 Å². The van der Waals surface area contributed by atoms with Gasteiger partial charge in [-0.25, -0.2) is 0 Å². The molecule has 178 valence electrons. The van der Waals surface area contributed by atoms with Crippen molar-refractivity contribution in [3.05, 3.63) is 101 Å². The number of nitrogens with zero attached hydrogens (tertiary/aromatic N) is 4. The van der Waals surface area contributed by atoms with Crippen molar-refractivity contribution in [2.24, 2.45) is 20.5 Å². The largest absolute Gasteiger partial charge is 0.505 e. The molecule has 0 aliphatic heterocycles. The van der Waals surface area contributed by atoms with Crippen molar-refractivity contribution in [2.75, 3.05) is 0 Å². The first-order valence-electron chi connectivity index (χ1n) is 12.0. The number of phenols is 1. The van der Waals surface area contributed by atoms with Crippen molar-refractivity contribution in [2.45, 2.75) is 34.6 Å². The minimum atomic E-state index is 0.157. The van der Waals surface area contributed by atoms with Crippen LogP contribution in [0.2, 0.25) is 0 Å². The first-order valence-corrected chi connectivity index (χ1v) is 12.0. The van der Waals surface area contributed by atoms with E-state index in [2.05, 4.69) is 52.5 Å². The fourth-order valence-electron chi connectivity index (χ4n) is 4.51. The fraction of sp³-hybridized carbons (Fsp3) is 0.161. The molecule has 5 rings (SSSR count). The lowest BCUT2D eigenvalue weighted by molar-refractivity contribution is 0.482. The summed E-state index contributed by atoms with van der Waals surface area (Å²) in [4.78, 5) is 0. The third-order valence-electron chi connectivity index (χ3n) is 6.68. The minimum Gasteiger partial charge on any atom is -0.505 e. The summed E-state index contributed by atoms with van der Waals surface area (Å²) in [5.41, 5.74) is 8.33. The molecule has 0 fully saturated rings. The van der Waals surface area contributed by atoms with E-state index in [1.807, 2.05) is 75.4 Å². The van der Waals surface area contributed by atoms with Gasteiger partial charge in [0.05, 0.1) is 17.1 Å². The van der Waals surface area contributed by atoms with Crippen LogP contribution in [0.1, 0.15) is 27.8 Å². The van der Waals surface area contributed by atoms with Crippen molar-refractivity contribution in [3.8, 4) is 5.75 Å². The van der Waals surface area contributed by atoms with Crippen LogP contribution in [-0.4, -0.2) is 5.11 Å². The van der Waals surface area contributed by atoms with Crippen LogP contribution in [-0.2, 0) is 0 Å². The molecule has 5 heteroatoms. The van der Waals surface area contributed by atoms with Crippen LogP contribution in [0.25, 0.3) is 21.5 Å². The topological polar surface area (TPSA) is 69.7 Å². The van der Waals surface area contributed by atoms with E-state index in [-0.39, 0.29) is 5.75 Å². The van der Waals surface area contributed by atoms with E-state index in [0.717, 1.165) is 55.2 Å². The third-order valence-corrected chi connectivity index (χ3v) is 6.68. The molecule has 0 aromatic heterocycles. The molecular formula is C31H28N4O. The number of aromatic hydroxyl groups is 1. The number of aryl methyl sites for hydroxylation is 5. The second kappa shape index (κ2) is 9.34. The number of hydrogen-bond donors (Lipinski definition) is 1. The highest BCUT2D eigenvalue weighted by Crippen LogP contribution is 2.41. The summed E-state index contributed by atoms with van der Waals surface area (Å²) in [7, 11) is 0. The van der Waals surface area contributed by atoms with Gasteiger partial charge in [0.15, 0.2) is 5.75 Å². The number of phenolic OH excluding ortho intramolecular Hbond substituents is 1. The Morgan fingerprint density at radius 2 is 1.08 bits per heavy atom. The lowest BCUT2D eigenvalue weighted by atomic mass is 9.95. The van der Waals surface area contributed by atoms with Crippen molar-refractivity contribution in [3.63, 3.8) is 0 Å². The lowest BCUT2D eigenvalue weighted by Crippen LogP contribution is -1.88. The Hall–Kier alpha value is -4.38. The number of fused-ring (bicyclic) bond motifs is 2. The Labute approximate surface area is 210 Å². The molecule has 0 saturated carbocycles. The van der Waals surface area contributed by atoms with E-state index >= 15 is 0 Å². The van der Waals surface area contributed by atoms with Gasteiger partial charge in [0.25, 0.3) is 0 Å². The van der Waals surface area contributed by atoms with Crippen LogP contribution in [0.15, 0.2) is 93.3 Å². The standard InChI is InChI=1S/C31H28N4O/c1-18-6-9-23(10-7-18)32-33-27-14-15-28(26-16-19(2)8-11-25(26)27)34-35-29-13-12-24-21(4)17-20(3)22(5)30(24)31(29)36/h6-17,36H,1-5H3. The van der Waals surface area contributed by atoms with Gasteiger partial charge in [-0.3, -0.25) is 0 Å². The number of hydrogen-bond acceptors (Lipinski definition) is 5.